The molecule has 0 saturated heterocycles. The van der Waals surface area contributed by atoms with Crippen LogP contribution in [-0.2, 0) is 0 Å². The van der Waals surface area contributed by atoms with Crippen LogP contribution in [0.3, 0.4) is 0 Å². The van der Waals surface area contributed by atoms with Crippen molar-refractivity contribution in [3.05, 3.63) is 62.5 Å². The molecular formula is C18H14ClN3O5S. The summed E-state index contributed by atoms with van der Waals surface area (Å²) in [5, 5.41) is 15.7. The maximum Gasteiger partial charge on any atom is 0.288 e. The van der Waals surface area contributed by atoms with Crippen LogP contribution in [0.25, 0.3) is 11.3 Å². The normalized spacial score (nSPS) is 10.4. The second kappa shape index (κ2) is 8.24. The van der Waals surface area contributed by atoms with Gasteiger partial charge in [-0.2, -0.15) is 0 Å². The molecule has 2 aromatic carbocycles. The number of ether oxygens (including phenoxy) is 2. The molecule has 0 unspecified atom stereocenters. The van der Waals surface area contributed by atoms with E-state index in [1.54, 1.807) is 37.8 Å². The highest BCUT2D eigenvalue weighted by atomic mass is 35.5. The Morgan fingerprint density at radius 3 is 2.68 bits per heavy atom. The van der Waals surface area contributed by atoms with Gasteiger partial charge < -0.3 is 9.47 Å². The second-order valence-electron chi connectivity index (χ2n) is 5.48. The van der Waals surface area contributed by atoms with Gasteiger partial charge >= 0.3 is 0 Å². The van der Waals surface area contributed by atoms with Crippen LogP contribution in [0.15, 0.2) is 41.8 Å². The van der Waals surface area contributed by atoms with E-state index in [1.807, 2.05) is 0 Å². The Balaban J connectivity index is 1.85. The largest absolute Gasteiger partial charge is 0.497 e. The van der Waals surface area contributed by atoms with Crippen molar-refractivity contribution in [2.24, 2.45) is 0 Å². The molecule has 0 saturated carbocycles. The average Bonchev–Trinajstić information content (AvgIpc) is 3.15. The molecule has 1 heterocycles. The summed E-state index contributed by atoms with van der Waals surface area (Å²) >= 11 is 6.99. The van der Waals surface area contributed by atoms with E-state index in [0.29, 0.717) is 27.9 Å². The number of nitrogens with zero attached hydrogens (tertiary/aromatic N) is 2. The van der Waals surface area contributed by atoms with Crippen LogP contribution in [0, 0.1) is 10.1 Å². The lowest BCUT2D eigenvalue weighted by Crippen LogP contribution is -2.12. The minimum atomic E-state index is -0.643. The molecule has 0 aliphatic heterocycles. The van der Waals surface area contributed by atoms with Crippen LogP contribution in [0.2, 0.25) is 5.02 Å². The maximum atomic E-state index is 12.4. The number of carbonyl (C=O) groups excluding carboxylic acids is 1. The molecule has 0 atom stereocenters. The first kappa shape index (κ1) is 19.6. The van der Waals surface area contributed by atoms with E-state index in [2.05, 4.69) is 10.3 Å². The predicted molar refractivity (Wildman–Crippen MR) is 107 cm³/mol. The van der Waals surface area contributed by atoms with Crippen molar-refractivity contribution in [3.63, 3.8) is 0 Å². The first-order chi connectivity index (χ1) is 13.4. The Kier molecular flexibility index (Phi) is 5.76. The lowest BCUT2D eigenvalue weighted by molar-refractivity contribution is -0.384. The maximum absolute atomic E-state index is 12.4. The number of nitro groups is 1. The number of benzene rings is 2. The molecule has 0 aliphatic rings. The van der Waals surface area contributed by atoms with Gasteiger partial charge in [0.05, 0.1) is 24.8 Å². The van der Waals surface area contributed by atoms with Gasteiger partial charge in [0.15, 0.2) is 5.13 Å². The standard InChI is InChI=1S/C18H14ClN3O5S/c1-26-11-4-6-16(27-2)12(8-11)14-9-28-18(20-14)21-17(23)10-3-5-13(19)15(7-10)22(24)25/h3-9H,1-2H3,(H,20,21,23). The molecule has 1 aromatic heterocycles. The Hall–Kier alpha value is -3.17. The van der Waals surface area contributed by atoms with Crippen LogP contribution in [0.4, 0.5) is 10.8 Å². The molecule has 0 spiro atoms. The SMILES string of the molecule is COc1ccc(OC)c(-c2csc(NC(=O)c3ccc(Cl)c([N+](=O)[O-])c3)n2)c1. The molecular weight excluding hydrogens is 406 g/mol. The summed E-state index contributed by atoms with van der Waals surface area (Å²) in [6.07, 6.45) is 0. The third-order valence-corrected chi connectivity index (χ3v) is 4.89. The number of hydrogen-bond donors (Lipinski definition) is 1. The van der Waals surface area contributed by atoms with E-state index in [0.717, 1.165) is 6.07 Å². The number of amides is 1. The third kappa shape index (κ3) is 4.05. The Morgan fingerprint density at radius 1 is 1.21 bits per heavy atom. The van der Waals surface area contributed by atoms with Crippen molar-refractivity contribution in [2.75, 3.05) is 19.5 Å². The number of aromatic nitrogens is 1. The molecule has 0 bridgehead atoms. The van der Waals surface area contributed by atoms with Gasteiger partial charge in [-0.25, -0.2) is 4.98 Å². The van der Waals surface area contributed by atoms with Crippen molar-refractivity contribution in [1.82, 2.24) is 4.98 Å². The van der Waals surface area contributed by atoms with Gasteiger partial charge in [0, 0.05) is 22.6 Å². The number of hydrogen-bond acceptors (Lipinski definition) is 7. The van der Waals surface area contributed by atoms with Gasteiger partial charge in [0.2, 0.25) is 0 Å². The predicted octanol–water partition coefficient (Wildman–Crippen LogP) is 4.64. The first-order valence-electron chi connectivity index (χ1n) is 7.86. The van der Waals surface area contributed by atoms with Gasteiger partial charge in [0.1, 0.15) is 16.5 Å². The molecule has 0 fully saturated rings. The van der Waals surface area contributed by atoms with E-state index >= 15 is 0 Å². The Morgan fingerprint density at radius 2 is 2.00 bits per heavy atom. The van der Waals surface area contributed by atoms with Crippen LogP contribution < -0.4 is 14.8 Å². The van der Waals surface area contributed by atoms with Gasteiger partial charge in [-0.3, -0.25) is 20.2 Å². The molecule has 1 N–H and O–H groups in total. The summed E-state index contributed by atoms with van der Waals surface area (Å²) in [6, 6.07) is 9.15. The van der Waals surface area contributed by atoms with Crippen LogP contribution in [-0.4, -0.2) is 30.0 Å². The molecule has 8 nitrogen and oxygen atoms in total. The van der Waals surface area contributed by atoms with Crippen molar-refractivity contribution in [2.45, 2.75) is 0 Å². The summed E-state index contributed by atoms with van der Waals surface area (Å²) in [4.78, 5) is 27.2. The zero-order valence-corrected chi connectivity index (χ0v) is 16.3. The molecule has 0 aliphatic carbocycles. The number of anilines is 1. The fraction of sp³-hybridized carbons (Fsp3) is 0.111. The molecule has 3 rings (SSSR count). The van der Waals surface area contributed by atoms with Crippen molar-refractivity contribution in [1.29, 1.82) is 0 Å². The van der Waals surface area contributed by atoms with Gasteiger partial charge in [-0.1, -0.05) is 11.6 Å². The van der Waals surface area contributed by atoms with E-state index in [-0.39, 0.29) is 16.3 Å². The lowest BCUT2D eigenvalue weighted by Gasteiger charge is -2.08. The number of nitrogens with one attached hydrogen (secondary N) is 1. The topological polar surface area (TPSA) is 104 Å². The summed E-state index contributed by atoms with van der Waals surface area (Å²) < 4.78 is 10.6. The van der Waals surface area contributed by atoms with E-state index in [4.69, 9.17) is 21.1 Å². The number of halogens is 1. The molecule has 1 amide bonds. The number of thiazole rings is 1. The summed E-state index contributed by atoms with van der Waals surface area (Å²) in [6.45, 7) is 0. The lowest BCUT2D eigenvalue weighted by atomic mass is 10.1. The number of carbonyl (C=O) groups is 1. The average molecular weight is 420 g/mol. The first-order valence-corrected chi connectivity index (χ1v) is 9.12. The van der Waals surface area contributed by atoms with E-state index in [9.17, 15) is 14.9 Å². The fourth-order valence-corrected chi connectivity index (χ4v) is 3.32. The Labute approximate surface area is 168 Å². The van der Waals surface area contributed by atoms with E-state index < -0.39 is 10.8 Å². The zero-order chi connectivity index (χ0) is 20.3. The minimum absolute atomic E-state index is 0.0387. The van der Waals surface area contributed by atoms with Crippen LogP contribution in [0.1, 0.15) is 10.4 Å². The van der Waals surface area contributed by atoms with E-state index in [1.165, 1.54) is 23.5 Å². The van der Waals surface area contributed by atoms with Crippen molar-refractivity contribution < 1.29 is 19.2 Å². The third-order valence-electron chi connectivity index (χ3n) is 3.81. The number of methoxy groups -OCH3 is 2. The molecule has 28 heavy (non-hydrogen) atoms. The number of nitro benzene ring substituents is 1. The van der Waals surface area contributed by atoms with Gasteiger partial charge in [0.25, 0.3) is 11.6 Å². The quantitative estimate of drug-likeness (QED) is 0.461. The minimum Gasteiger partial charge on any atom is -0.497 e. The van der Waals surface area contributed by atoms with Gasteiger partial charge in [-0.15, -0.1) is 11.3 Å². The summed E-state index contributed by atoms with van der Waals surface area (Å²) in [7, 11) is 3.11. The van der Waals surface area contributed by atoms with Crippen molar-refractivity contribution in [3.8, 4) is 22.8 Å². The monoisotopic (exact) mass is 419 g/mol. The molecule has 0 radical (unpaired) electrons. The summed E-state index contributed by atoms with van der Waals surface area (Å²) in [5.41, 5.74) is 1.07. The number of rotatable bonds is 6. The second-order valence-corrected chi connectivity index (χ2v) is 6.75. The summed E-state index contributed by atoms with van der Waals surface area (Å²) in [5.74, 6) is 0.721. The van der Waals surface area contributed by atoms with Crippen LogP contribution >= 0.6 is 22.9 Å². The highest BCUT2D eigenvalue weighted by Crippen LogP contribution is 2.35. The zero-order valence-electron chi connectivity index (χ0n) is 14.8. The van der Waals surface area contributed by atoms with Crippen LogP contribution in [0.5, 0.6) is 11.5 Å². The fourth-order valence-electron chi connectivity index (χ4n) is 2.43. The Bertz CT molecular complexity index is 1050. The molecule has 3 aromatic rings. The smallest absolute Gasteiger partial charge is 0.288 e. The highest BCUT2D eigenvalue weighted by Gasteiger charge is 2.18. The molecule has 10 heteroatoms. The van der Waals surface area contributed by atoms with Gasteiger partial charge in [-0.05, 0) is 30.3 Å². The van der Waals surface area contributed by atoms with Crippen molar-refractivity contribution >= 4 is 39.7 Å². The molecule has 144 valence electrons. The highest BCUT2D eigenvalue weighted by molar-refractivity contribution is 7.14.